The van der Waals surface area contributed by atoms with Gasteiger partial charge < -0.3 is 25.2 Å². The summed E-state index contributed by atoms with van der Waals surface area (Å²) in [7, 11) is 2.13. The topological polar surface area (TPSA) is 122 Å². The van der Waals surface area contributed by atoms with Crippen LogP contribution in [-0.2, 0) is 0 Å². The Kier molecular flexibility index (Phi) is 5.93. The highest BCUT2D eigenvalue weighted by Gasteiger charge is 2.21. The molecule has 0 radical (unpaired) electrons. The number of H-pyrrole nitrogens is 2. The molecule has 0 aliphatic carbocycles. The van der Waals surface area contributed by atoms with Crippen molar-refractivity contribution in [2.75, 3.05) is 43.4 Å². The fraction of sp³-hybridized carbons (Fsp3) is 0.308. The van der Waals surface area contributed by atoms with Gasteiger partial charge in [-0.3, -0.25) is 10.1 Å². The summed E-state index contributed by atoms with van der Waals surface area (Å²) in [6, 6.07) is 6.95. The maximum absolute atomic E-state index is 15.1. The van der Waals surface area contributed by atoms with E-state index in [1.165, 1.54) is 6.07 Å². The van der Waals surface area contributed by atoms with Gasteiger partial charge in [0.1, 0.15) is 23.3 Å². The van der Waals surface area contributed by atoms with Crippen LogP contribution in [0.5, 0.6) is 0 Å². The molecule has 10 nitrogen and oxygen atoms in total. The zero-order valence-corrected chi connectivity index (χ0v) is 20.7. The van der Waals surface area contributed by atoms with E-state index < -0.39 is 12.0 Å². The molecule has 1 aromatic carbocycles. The van der Waals surface area contributed by atoms with Crippen LogP contribution in [0, 0.1) is 5.82 Å². The number of aromatic amines is 2. The third-order valence-corrected chi connectivity index (χ3v) is 6.85. The van der Waals surface area contributed by atoms with Crippen LogP contribution in [-0.4, -0.2) is 79.6 Å². The molecule has 1 atom stereocenters. The van der Waals surface area contributed by atoms with Gasteiger partial charge in [-0.1, -0.05) is 6.92 Å². The minimum absolute atomic E-state index is 0.379. The summed E-state index contributed by atoms with van der Waals surface area (Å²) in [5.41, 5.74) is 5.23. The van der Waals surface area contributed by atoms with Crippen LogP contribution in [0.3, 0.4) is 0 Å². The third-order valence-electron chi connectivity index (χ3n) is 6.85. The lowest BCUT2D eigenvalue weighted by Gasteiger charge is -2.33. The number of hydrogen-bond donors (Lipinski definition) is 4. The van der Waals surface area contributed by atoms with E-state index in [0.717, 1.165) is 42.8 Å². The number of nitrogens with zero attached hydrogens (tertiary/aromatic N) is 6. The molecule has 6 rings (SSSR count). The number of likely N-dealkylation sites (N-methyl/N-ethyl adjacent to an activating group) is 1. The summed E-state index contributed by atoms with van der Waals surface area (Å²) in [5, 5.41) is 21.0. The van der Waals surface area contributed by atoms with E-state index in [1.807, 2.05) is 13.0 Å². The fourth-order valence-electron chi connectivity index (χ4n) is 4.71. The predicted molar refractivity (Wildman–Crippen MR) is 142 cm³/mol. The van der Waals surface area contributed by atoms with Crippen LogP contribution < -0.4 is 10.2 Å². The quantitative estimate of drug-likeness (QED) is 0.261. The number of pyridine rings is 2. The first-order chi connectivity index (χ1) is 18.0. The number of nitrogens with one attached hydrogen (secondary N) is 3. The van der Waals surface area contributed by atoms with Gasteiger partial charge in [0, 0.05) is 61.2 Å². The maximum Gasteiger partial charge on any atom is 0.161 e. The molecular weight excluding hydrogens is 473 g/mol. The van der Waals surface area contributed by atoms with Crippen molar-refractivity contribution in [3.05, 3.63) is 48.7 Å². The van der Waals surface area contributed by atoms with E-state index in [9.17, 15) is 5.11 Å². The molecule has 1 aliphatic rings. The van der Waals surface area contributed by atoms with Crippen LogP contribution in [0.15, 0.2) is 42.9 Å². The van der Waals surface area contributed by atoms with E-state index in [0.29, 0.717) is 45.9 Å². The minimum Gasteiger partial charge on any atom is -0.374 e. The van der Waals surface area contributed by atoms with Gasteiger partial charge in [-0.2, -0.15) is 5.10 Å². The largest absolute Gasteiger partial charge is 0.374 e. The van der Waals surface area contributed by atoms with E-state index in [4.69, 9.17) is 4.98 Å². The Bertz CT molecular complexity index is 1570. The van der Waals surface area contributed by atoms with Gasteiger partial charge in [0.15, 0.2) is 11.5 Å². The van der Waals surface area contributed by atoms with Crippen LogP contribution in [0.1, 0.15) is 13.3 Å². The van der Waals surface area contributed by atoms with Crippen LogP contribution in [0.2, 0.25) is 0 Å². The molecule has 1 fully saturated rings. The summed E-state index contributed by atoms with van der Waals surface area (Å²) >= 11 is 0. The van der Waals surface area contributed by atoms with Gasteiger partial charge in [0.05, 0.1) is 23.1 Å². The molecule has 0 spiro atoms. The number of anilines is 2. The SMILES string of the molecule is CCC(O)Nc1cncc(-c2cc3c(-c4nc5c(N6CCN(C)CC6)ccnc5[nH]4)n[nH]c3cc2F)c1. The maximum atomic E-state index is 15.1. The first-order valence-corrected chi connectivity index (χ1v) is 12.4. The zero-order chi connectivity index (χ0) is 25.5. The molecule has 4 aromatic heterocycles. The van der Waals surface area contributed by atoms with Crippen molar-refractivity contribution in [3.8, 4) is 22.6 Å². The van der Waals surface area contributed by atoms with Gasteiger partial charge in [0.25, 0.3) is 0 Å². The number of fused-ring (bicyclic) bond motifs is 2. The Morgan fingerprint density at radius 2 is 2.00 bits per heavy atom. The summed E-state index contributed by atoms with van der Waals surface area (Å²) in [6.07, 6.45) is 4.81. The molecule has 190 valence electrons. The van der Waals surface area contributed by atoms with Gasteiger partial charge in [-0.25, -0.2) is 14.4 Å². The number of rotatable bonds is 6. The van der Waals surface area contributed by atoms with Gasteiger partial charge in [-0.15, -0.1) is 0 Å². The Balaban J connectivity index is 1.40. The lowest BCUT2D eigenvalue weighted by atomic mass is 10.0. The Hall–Kier alpha value is -4.09. The second kappa shape index (κ2) is 9.41. The van der Waals surface area contributed by atoms with E-state index >= 15 is 4.39 Å². The molecule has 1 unspecified atom stereocenters. The normalized spacial score (nSPS) is 15.5. The Labute approximate surface area is 212 Å². The number of aromatic nitrogens is 6. The molecule has 0 saturated carbocycles. The van der Waals surface area contributed by atoms with Crippen LogP contribution >= 0.6 is 0 Å². The highest BCUT2D eigenvalue weighted by molar-refractivity contribution is 5.97. The number of hydrogen-bond acceptors (Lipinski definition) is 8. The highest BCUT2D eigenvalue weighted by atomic mass is 19.1. The lowest BCUT2D eigenvalue weighted by molar-refractivity contribution is 0.199. The number of aliphatic hydroxyl groups excluding tert-OH is 1. The smallest absolute Gasteiger partial charge is 0.161 e. The molecule has 37 heavy (non-hydrogen) atoms. The molecule has 1 aliphatic heterocycles. The average molecular weight is 502 g/mol. The number of aliphatic hydroxyl groups is 1. The first kappa shape index (κ1) is 23.3. The first-order valence-electron chi connectivity index (χ1n) is 12.4. The van der Waals surface area contributed by atoms with Gasteiger partial charge >= 0.3 is 0 Å². The molecule has 11 heteroatoms. The molecule has 5 aromatic rings. The van der Waals surface area contributed by atoms with Gasteiger partial charge in [0.2, 0.25) is 0 Å². The van der Waals surface area contributed by atoms with Crippen molar-refractivity contribution in [1.29, 1.82) is 0 Å². The highest BCUT2D eigenvalue weighted by Crippen LogP contribution is 2.34. The minimum atomic E-state index is -0.706. The molecule has 0 amide bonds. The van der Waals surface area contributed by atoms with E-state index in [1.54, 1.807) is 30.7 Å². The number of halogens is 1. The van der Waals surface area contributed by atoms with Gasteiger partial charge in [-0.05, 0) is 31.7 Å². The second-order valence-corrected chi connectivity index (χ2v) is 9.38. The number of imidazole rings is 1. The third kappa shape index (κ3) is 4.36. The van der Waals surface area contributed by atoms with Crippen molar-refractivity contribution < 1.29 is 9.50 Å². The summed E-state index contributed by atoms with van der Waals surface area (Å²) in [6.45, 7) is 5.68. The standard InChI is InChI=1S/C26H28FN9O/c1-3-22(37)30-16-10-15(13-28-14-16)17-11-18-20(12-19(17)27)33-34-23(18)26-31-24-21(4-5-29-25(24)32-26)36-8-6-35(2)7-9-36/h4-5,10-14,22,30,37H,3,6-9H2,1-2H3,(H,33,34)(H,29,31,32). The number of piperazine rings is 1. The summed E-state index contributed by atoms with van der Waals surface area (Å²) in [5.74, 6) is 0.161. The number of benzene rings is 1. The zero-order valence-electron chi connectivity index (χ0n) is 20.7. The Morgan fingerprint density at radius 1 is 1.16 bits per heavy atom. The van der Waals surface area contributed by atoms with Crippen LogP contribution in [0.4, 0.5) is 15.8 Å². The average Bonchev–Trinajstić information content (AvgIpc) is 3.52. The molecule has 1 saturated heterocycles. The monoisotopic (exact) mass is 501 g/mol. The van der Waals surface area contributed by atoms with E-state index in [-0.39, 0.29) is 0 Å². The molecule has 0 bridgehead atoms. The second-order valence-electron chi connectivity index (χ2n) is 9.38. The van der Waals surface area contributed by atoms with Crippen LogP contribution in [0.25, 0.3) is 44.7 Å². The Morgan fingerprint density at radius 3 is 2.81 bits per heavy atom. The van der Waals surface area contributed by atoms with E-state index in [2.05, 4.69) is 47.3 Å². The van der Waals surface area contributed by atoms with Crippen molar-refractivity contribution in [2.24, 2.45) is 0 Å². The molecular formula is C26H28FN9O. The summed E-state index contributed by atoms with van der Waals surface area (Å²) < 4.78 is 15.1. The van der Waals surface area contributed by atoms with Crippen molar-refractivity contribution in [1.82, 2.24) is 35.0 Å². The van der Waals surface area contributed by atoms with Crippen molar-refractivity contribution in [3.63, 3.8) is 0 Å². The lowest BCUT2D eigenvalue weighted by Crippen LogP contribution is -2.44. The summed E-state index contributed by atoms with van der Waals surface area (Å²) in [4.78, 5) is 21.5. The molecule has 5 heterocycles. The predicted octanol–water partition coefficient (Wildman–Crippen LogP) is 3.59. The fourth-order valence-corrected chi connectivity index (χ4v) is 4.71. The van der Waals surface area contributed by atoms with Crippen molar-refractivity contribution >= 4 is 33.4 Å². The molecule has 4 N–H and O–H groups in total. The van der Waals surface area contributed by atoms with Crippen molar-refractivity contribution in [2.45, 2.75) is 19.6 Å².